The summed E-state index contributed by atoms with van der Waals surface area (Å²) in [5.41, 5.74) is 0.820. The van der Waals surface area contributed by atoms with E-state index in [0.717, 1.165) is 23.7 Å². The first-order valence-electron chi connectivity index (χ1n) is 5.64. The van der Waals surface area contributed by atoms with Crippen molar-refractivity contribution >= 4 is 27.3 Å². The van der Waals surface area contributed by atoms with Gasteiger partial charge in [-0.1, -0.05) is 40.2 Å². The Morgan fingerprint density at radius 2 is 2.00 bits per heavy atom. The second-order valence-corrected chi connectivity index (χ2v) is 5.67. The van der Waals surface area contributed by atoms with E-state index in [2.05, 4.69) is 33.4 Å². The summed E-state index contributed by atoms with van der Waals surface area (Å²) in [4.78, 5) is 1.37. The number of hydrogen-bond acceptors (Lipinski definition) is 1. The highest BCUT2D eigenvalue weighted by Gasteiger charge is 2.14. The number of thiophene rings is 1. The summed E-state index contributed by atoms with van der Waals surface area (Å²) in [5.74, 6) is 0.154. The summed E-state index contributed by atoms with van der Waals surface area (Å²) in [7, 11) is 0. The molecule has 1 aromatic carbocycles. The molecular weight excluding hydrogens is 299 g/mol. The van der Waals surface area contributed by atoms with Crippen LogP contribution in [0.3, 0.4) is 0 Å². The van der Waals surface area contributed by atoms with Gasteiger partial charge in [-0.05, 0) is 41.8 Å². The summed E-state index contributed by atoms with van der Waals surface area (Å²) < 4.78 is 13.7. The minimum absolute atomic E-state index is 0.0943. The maximum Gasteiger partial charge on any atom is 0.126 e. The molecule has 0 aliphatic heterocycles. The SMILES string of the molecule is Fc1ccccc1C(CBr)CCc1cccs1. The quantitative estimate of drug-likeness (QED) is 0.682. The number of halogens is 2. The van der Waals surface area contributed by atoms with Crippen molar-refractivity contribution in [2.75, 3.05) is 5.33 Å². The van der Waals surface area contributed by atoms with Crippen LogP contribution in [0.2, 0.25) is 0 Å². The summed E-state index contributed by atoms with van der Waals surface area (Å²) in [5, 5.41) is 2.89. The molecular formula is C14H14BrFS. The maximum atomic E-state index is 13.7. The Balaban J connectivity index is 2.04. The van der Waals surface area contributed by atoms with Crippen LogP contribution in [0.25, 0.3) is 0 Å². The monoisotopic (exact) mass is 312 g/mol. The Morgan fingerprint density at radius 1 is 1.18 bits per heavy atom. The van der Waals surface area contributed by atoms with Gasteiger partial charge in [0.1, 0.15) is 5.82 Å². The van der Waals surface area contributed by atoms with Crippen LogP contribution in [0.15, 0.2) is 41.8 Å². The van der Waals surface area contributed by atoms with E-state index in [0.29, 0.717) is 0 Å². The molecule has 0 saturated heterocycles. The van der Waals surface area contributed by atoms with Crippen LogP contribution in [0.4, 0.5) is 4.39 Å². The molecule has 1 aromatic heterocycles. The number of alkyl halides is 1. The number of aryl methyl sites for hydroxylation is 1. The first-order valence-corrected chi connectivity index (χ1v) is 7.64. The lowest BCUT2D eigenvalue weighted by atomic mass is 9.95. The van der Waals surface area contributed by atoms with E-state index >= 15 is 0 Å². The number of rotatable bonds is 5. The molecule has 0 N–H and O–H groups in total. The second-order valence-electron chi connectivity index (χ2n) is 3.99. The molecule has 1 atom stereocenters. The number of benzene rings is 1. The molecule has 1 unspecified atom stereocenters. The summed E-state index contributed by atoms with van der Waals surface area (Å²) in [6.07, 6.45) is 2.00. The molecule has 2 aromatic rings. The zero-order chi connectivity index (χ0) is 12.1. The average molecular weight is 313 g/mol. The predicted molar refractivity (Wildman–Crippen MR) is 75.6 cm³/mol. The maximum absolute atomic E-state index is 13.7. The van der Waals surface area contributed by atoms with Gasteiger partial charge in [0.2, 0.25) is 0 Å². The first kappa shape index (κ1) is 12.8. The summed E-state index contributed by atoms with van der Waals surface area (Å²) in [6, 6.07) is 11.3. The van der Waals surface area contributed by atoms with Gasteiger partial charge in [-0.2, -0.15) is 0 Å². The summed E-state index contributed by atoms with van der Waals surface area (Å²) >= 11 is 5.25. The Morgan fingerprint density at radius 3 is 2.65 bits per heavy atom. The molecule has 90 valence electrons. The van der Waals surface area contributed by atoms with Crippen molar-refractivity contribution in [3.8, 4) is 0 Å². The zero-order valence-corrected chi connectivity index (χ0v) is 11.8. The molecule has 0 bridgehead atoms. The highest BCUT2D eigenvalue weighted by atomic mass is 79.9. The average Bonchev–Trinajstić information content (AvgIpc) is 2.85. The van der Waals surface area contributed by atoms with Gasteiger partial charge in [-0.15, -0.1) is 11.3 Å². The van der Waals surface area contributed by atoms with E-state index in [1.807, 2.05) is 12.1 Å². The second kappa shape index (κ2) is 6.31. The minimum Gasteiger partial charge on any atom is -0.207 e. The van der Waals surface area contributed by atoms with Crippen LogP contribution in [-0.2, 0) is 6.42 Å². The molecule has 3 heteroatoms. The van der Waals surface area contributed by atoms with Crippen molar-refractivity contribution in [2.45, 2.75) is 18.8 Å². The van der Waals surface area contributed by atoms with E-state index in [9.17, 15) is 4.39 Å². The van der Waals surface area contributed by atoms with E-state index in [4.69, 9.17) is 0 Å². The van der Waals surface area contributed by atoms with Gasteiger partial charge in [0, 0.05) is 10.2 Å². The Hall–Kier alpha value is -0.670. The van der Waals surface area contributed by atoms with Crippen LogP contribution in [-0.4, -0.2) is 5.33 Å². The smallest absolute Gasteiger partial charge is 0.126 e. The van der Waals surface area contributed by atoms with Gasteiger partial charge >= 0.3 is 0 Å². The molecule has 1 heterocycles. The predicted octanol–water partition coefficient (Wildman–Crippen LogP) is 5.00. The largest absolute Gasteiger partial charge is 0.207 e. The molecule has 0 amide bonds. The fourth-order valence-electron chi connectivity index (χ4n) is 1.89. The molecule has 0 saturated carbocycles. The van der Waals surface area contributed by atoms with E-state index in [1.54, 1.807) is 17.4 Å². The molecule has 0 spiro atoms. The summed E-state index contributed by atoms with van der Waals surface area (Å²) in [6.45, 7) is 0. The highest BCUT2D eigenvalue weighted by Crippen LogP contribution is 2.26. The zero-order valence-electron chi connectivity index (χ0n) is 9.40. The van der Waals surface area contributed by atoms with Crippen LogP contribution >= 0.6 is 27.3 Å². The minimum atomic E-state index is -0.0943. The lowest BCUT2D eigenvalue weighted by Gasteiger charge is -2.14. The van der Waals surface area contributed by atoms with E-state index < -0.39 is 0 Å². The molecule has 0 radical (unpaired) electrons. The standard InChI is InChI=1S/C14H14BrFS/c15-10-11(7-8-12-4-3-9-17-12)13-5-1-2-6-14(13)16/h1-6,9,11H,7-8,10H2. The van der Waals surface area contributed by atoms with Crippen molar-refractivity contribution in [1.29, 1.82) is 0 Å². The lowest BCUT2D eigenvalue weighted by molar-refractivity contribution is 0.579. The first-order chi connectivity index (χ1) is 8.31. The van der Waals surface area contributed by atoms with E-state index in [1.165, 1.54) is 10.9 Å². The van der Waals surface area contributed by atoms with Crippen LogP contribution in [0.1, 0.15) is 22.8 Å². The van der Waals surface area contributed by atoms with Crippen molar-refractivity contribution in [2.24, 2.45) is 0 Å². The fourth-order valence-corrected chi connectivity index (χ4v) is 3.29. The third-order valence-electron chi connectivity index (χ3n) is 2.85. The highest BCUT2D eigenvalue weighted by molar-refractivity contribution is 9.09. The van der Waals surface area contributed by atoms with Gasteiger partial charge in [0.05, 0.1) is 0 Å². The third kappa shape index (κ3) is 3.39. The van der Waals surface area contributed by atoms with Crippen molar-refractivity contribution in [3.63, 3.8) is 0 Å². The third-order valence-corrected chi connectivity index (χ3v) is 4.57. The molecule has 0 aliphatic rings. The van der Waals surface area contributed by atoms with Crippen LogP contribution in [0.5, 0.6) is 0 Å². The Bertz CT molecular complexity index is 453. The van der Waals surface area contributed by atoms with Crippen LogP contribution in [0, 0.1) is 5.82 Å². The van der Waals surface area contributed by atoms with Gasteiger partial charge in [0.15, 0.2) is 0 Å². The van der Waals surface area contributed by atoms with Crippen molar-refractivity contribution in [3.05, 3.63) is 58.0 Å². The van der Waals surface area contributed by atoms with Crippen molar-refractivity contribution in [1.82, 2.24) is 0 Å². The molecule has 0 nitrogen and oxygen atoms in total. The topological polar surface area (TPSA) is 0 Å². The normalized spacial score (nSPS) is 12.6. The van der Waals surface area contributed by atoms with Gasteiger partial charge in [0.25, 0.3) is 0 Å². The van der Waals surface area contributed by atoms with Crippen molar-refractivity contribution < 1.29 is 4.39 Å². The molecule has 0 fully saturated rings. The number of hydrogen-bond donors (Lipinski definition) is 0. The fraction of sp³-hybridized carbons (Fsp3) is 0.286. The lowest BCUT2D eigenvalue weighted by Crippen LogP contribution is -2.04. The Labute approximate surface area is 114 Å². The van der Waals surface area contributed by atoms with Gasteiger partial charge in [-0.25, -0.2) is 4.39 Å². The molecule has 17 heavy (non-hydrogen) atoms. The Kier molecular flexibility index (Phi) is 4.75. The van der Waals surface area contributed by atoms with E-state index in [-0.39, 0.29) is 11.7 Å². The van der Waals surface area contributed by atoms with Crippen LogP contribution < -0.4 is 0 Å². The van der Waals surface area contributed by atoms with Gasteiger partial charge in [-0.3, -0.25) is 0 Å². The van der Waals surface area contributed by atoms with Gasteiger partial charge < -0.3 is 0 Å². The molecule has 0 aliphatic carbocycles. The molecule has 2 rings (SSSR count).